The van der Waals surface area contributed by atoms with Gasteiger partial charge in [-0.3, -0.25) is 0 Å². The van der Waals surface area contributed by atoms with Gasteiger partial charge in [0.25, 0.3) is 0 Å². The SMILES string of the molecule is [2H]c1c(Br)cc(C(=O)OC)c(OCC#N)c1[2H]. The van der Waals surface area contributed by atoms with E-state index >= 15 is 0 Å². The first-order chi connectivity index (χ1) is 8.02. The van der Waals surface area contributed by atoms with Crippen molar-refractivity contribution < 1.29 is 17.0 Å². The molecule has 1 aromatic carbocycles. The van der Waals surface area contributed by atoms with Gasteiger partial charge in [0.1, 0.15) is 17.4 Å². The molecular formula is C10H8BrNO3. The lowest BCUT2D eigenvalue weighted by Crippen LogP contribution is -2.05. The van der Waals surface area contributed by atoms with Crippen molar-refractivity contribution in [1.29, 1.82) is 5.26 Å². The molecule has 0 heterocycles. The summed E-state index contributed by atoms with van der Waals surface area (Å²) in [4.78, 5) is 11.5. The Balaban J connectivity index is 3.36. The molecule has 1 rings (SSSR count). The molecule has 0 saturated heterocycles. The van der Waals surface area contributed by atoms with E-state index < -0.39 is 5.97 Å². The minimum atomic E-state index is -0.688. The number of nitriles is 1. The second-order valence-corrected chi connectivity index (χ2v) is 3.28. The number of ether oxygens (including phenoxy) is 2. The van der Waals surface area contributed by atoms with Gasteiger partial charge >= 0.3 is 5.97 Å². The number of hydrogen-bond acceptors (Lipinski definition) is 4. The summed E-state index contributed by atoms with van der Waals surface area (Å²) in [7, 11) is 1.20. The first-order valence-corrected chi connectivity index (χ1v) is 4.70. The zero-order chi connectivity index (χ0) is 13.0. The third-order valence-electron chi connectivity index (χ3n) is 1.50. The van der Waals surface area contributed by atoms with E-state index in [1.165, 1.54) is 13.2 Å². The second-order valence-electron chi connectivity index (χ2n) is 2.42. The molecule has 15 heavy (non-hydrogen) atoms. The third-order valence-corrected chi connectivity index (χ3v) is 1.92. The largest absolute Gasteiger partial charge is 0.478 e. The normalized spacial score (nSPS) is 11.0. The van der Waals surface area contributed by atoms with Crippen LogP contribution in [0.2, 0.25) is 0 Å². The zero-order valence-corrected chi connectivity index (χ0v) is 9.42. The monoisotopic (exact) mass is 271 g/mol. The molecule has 0 spiro atoms. The molecular weight excluding hydrogens is 262 g/mol. The van der Waals surface area contributed by atoms with Crippen LogP contribution >= 0.6 is 15.9 Å². The predicted octanol–water partition coefficient (Wildman–Crippen LogP) is 2.14. The van der Waals surface area contributed by atoms with E-state index in [0.29, 0.717) is 0 Å². The van der Waals surface area contributed by atoms with Gasteiger partial charge in [-0.25, -0.2) is 4.79 Å². The second kappa shape index (κ2) is 5.37. The Labute approximate surface area is 98.3 Å². The first-order valence-electron chi connectivity index (χ1n) is 4.90. The Kier molecular flexibility index (Phi) is 3.13. The molecule has 0 amide bonds. The zero-order valence-electron chi connectivity index (χ0n) is 9.83. The highest BCUT2D eigenvalue weighted by molar-refractivity contribution is 9.10. The van der Waals surface area contributed by atoms with Gasteiger partial charge in [-0.2, -0.15) is 5.26 Å². The molecule has 0 radical (unpaired) electrons. The summed E-state index contributed by atoms with van der Waals surface area (Å²) in [6, 6.07) is 2.67. The lowest BCUT2D eigenvalue weighted by atomic mass is 10.2. The maximum atomic E-state index is 11.5. The molecule has 0 aromatic heterocycles. The maximum absolute atomic E-state index is 11.5. The summed E-state index contributed by atoms with van der Waals surface area (Å²) in [6.07, 6.45) is 0. The Bertz CT molecular complexity index is 499. The molecule has 5 heteroatoms. The van der Waals surface area contributed by atoms with Crippen molar-refractivity contribution in [2.75, 3.05) is 13.7 Å². The van der Waals surface area contributed by atoms with Crippen molar-refractivity contribution in [3.8, 4) is 11.8 Å². The van der Waals surface area contributed by atoms with Gasteiger partial charge in [0, 0.05) is 4.47 Å². The van der Waals surface area contributed by atoms with Crippen LogP contribution in [0.1, 0.15) is 13.1 Å². The van der Waals surface area contributed by atoms with Gasteiger partial charge in [-0.15, -0.1) is 0 Å². The molecule has 0 bridgehead atoms. The number of nitrogens with zero attached hydrogens (tertiary/aromatic N) is 1. The molecule has 78 valence electrons. The maximum Gasteiger partial charge on any atom is 0.341 e. The van der Waals surface area contributed by atoms with E-state index in [4.69, 9.17) is 12.7 Å². The van der Waals surface area contributed by atoms with E-state index in [-0.39, 0.29) is 34.5 Å². The van der Waals surface area contributed by atoms with Gasteiger partial charge in [-0.05, 0) is 18.2 Å². The molecule has 0 unspecified atom stereocenters. The average Bonchev–Trinajstić information content (AvgIpc) is 2.33. The highest BCUT2D eigenvalue weighted by Crippen LogP contribution is 2.23. The number of methoxy groups -OCH3 is 1. The van der Waals surface area contributed by atoms with Gasteiger partial charge in [-0.1, -0.05) is 15.9 Å². The van der Waals surface area contributed by atoms with Crippen molar-refractivity contribution in [2.24, 2.45) is 0 Å². The number of halogens is 1. The minimum absolute atomic E-state index is 0.00984. The van der Waals surface area contributed by atoms with Crippen molar-refractivity contribution in [1.82, 2.24) is 0 Å². The highest BCUT2D eigenvalue weighted by Gasteiger charge is 2.13. The highest BCUT2D eigenvalue weighted by atomic mass is 79.9. The lowest BCUT2D eigenvalue weighted by Gasteiger charge is -2.07. The smallest absolute Gasteiger partial charge is 0.341 e. The van der Waals surface area contributed by atoms with Crippen LogP contribution in [0.25, 0.3) is 0 Å². The quantitative estimate of drug-likeness (QED) is 0.791. The number of rotatable bonds is 3. The van der Waals surface area contributed by atoms with E-state index in [9.17, 15) is 4.79 Å². The fourth-order valence-corrected chi connectivity index (χ4v) is 1.22. The number of carbonyl (C=O) groups excluding carboxylic acids is 1. The summed E-state index contributed by atoms with van der Waals surface area (Å²) in [5, 5.41) is 8.42. The van der Waals surface area contributed by atoms with Crippen molar-refractivity contribution in [2.45, 2.75) is 0 Å². The number of hydrogen-bond donors (Lipinski definition) is 0. The lowest BCUT2D eigenvalue weighted by molar-refractivity contribution is 0.0596. The fourth-order valence-electron chi connectivity index (χ4n) is 0.892. The molecule has 0 aliphatic rings. The molecule has 0 atom stereocenters. The third kappa shape index (κ3) is 2.96. The van der Waals surface area contributed by atoms with Crippen LogP contribution in [-0.4, -0.2) is 19.7 Å². The summed E-state index contributed by atoms with van der Waals surface area (Å²) in [5.74, 6) is -0.807. The standard InChI is InChI=1S/C10H8BrNO3/c1-14-10(13)8-6-7(11)2-3-9(8)15-5-4-12/h2-3,6H,5H2,1H3/i2D,3D. The van der Waals surface area contributed by atoms with E-state index in [0.717, 1.165) is 0 Å². The summed E-state index contributed by atoms with van der Waals surface area (Å²) in [5.41, 5.74) is 0.00984. The van der Waals surface area contributed by atoms with Gasteiger partial charge < -0.3 is 9.47 Å². The Morgan fingerprint density at radius 3 is 3.07 bits per heavy atom. The number of carbonyl (C=O) groups is 1. The van der Waals surface area contributed by atoms with Crippen molar-refractivity contribution in [3.05, 3.63) is 28.2 Å². The van der Waals surface area contributed by atoms with Crippen LogP contribution in [0.15, 0.2) is 22.6 Å². The van der Waals surface area contributed by atoms with Crippen LogP contribution in [0.5, 0.6) is 5.75 Å². The Morgan fingerprint density at radius 2 is 2.47 bits per heavy atom. The van der Waals surface area contributed by atoms with Crippen molar-refractivity contribution in [3.63, 3.8) is 0 Å². The van der Waals surface area contributed by atoms with E-state index in [1.807, 2.05) is 0 Å². The Hall–Kier alpha value is -1.54. The van der Waals surface area contributed by atoms with Gasteiger partial charge in [0.05, 0.1) is 9.85 Å². The van der Waals surface area contributed by atoms with Crippen molar-refractivity contribution >= 4 is 21.9 Å². The van der Waals surface area contributed by atoms with Crippen LogP contribution < -0.4 is 4.74 Å². The fraction of sp³-hybridized carbons (Fsp3) is 0.200. The topological polar surface area (TPSA) is 59.3 Å². The summed E-state index contributed by atoms with van der Waals surface area (Å²) >= 11 is 3.06. The van der Waals surface area contributed by atoms with Crippen LogP contribution in [0.3, 0.4) is 0 Å². The molecule has 0 aliphatic carbocycles. The van der Waals surface area contributed by atoms with E-state index in [2.05, 4.69) is 20.7 Å². The molecule has 0 fully saturated rings. The Morgan fingerprint density at radius 1 is 1.73 bits per heavy atom. The number of esters is 1. The van der Waals surface area contributed by atoms with Gasteiger partial charge in [0.15, 0.2) is 6.61 Å². The van der Waals surface area contributed by atoms with Crippen LogP contribution in [0, 0.1) is 11.3 Å². The van der Waals surface area contributed by atoms with E-state index in [1.54, 1.807) is 6.07 Å². The van der Waals surface area contributed by atoms with Gasteiger partial charge in [0.2, 0.25) is 0 Å². The average molecular weight is 272 g/mol. The summed E-state index contributed by atoms with van der Waals surface area (Å²) < 4.78 is 25.0. The van der Waals surface area contributed by atoms with Crippen LogP contribution in [0.4, 0.5) is 0 Å². The summed E-state index contributed by atoms with van der Waals surface area (Å²) in [6.45, 7) is -0.309. The minimum Gasteiger partial charge on any atom is -0.478 e. The first kappa shape index (κ1) is 8.74. The molecule has 0 saturated carbocycles. The molecule has 0 N–H and O–H groups in total. The predicted molar refractivity (Wildman–Crippen MR) is 56.6 cm³/mol. The van der Waals surface area contributed by atoms with Crippen LogP contribution in [-0.2, 0) is 4.74 Å². The number of benzene rings is 1. The molecule has 0 aliphatic heterocycles. The molecule has 1 aromatic rings. The molecule has 4 nitrogen and oxygen atoms in total.